The topological polar surface area (TPSA) is 52.8 Å². The molecule has 0 atom stereocenters. The maximum atomic E-state index is 12.8. The Morgan fingerprint density at radius 3 is 2.62 bits per heavy atom. The number of rotatable bonds is 6. The summed E-state index contributed by atoms with van der Waals surface area (Å²) in [5, 5.41) is 0.433. The van der Waals surface area contributed by atoms with Crippen molar-refractivity contribution in [3.05, 3.63) is 46.8 Å². The summed E-state index contributed by atoms with van der Waals surface area (Å²) in [6.07, 6.45) is 5.56. The maximum Gasteiger partial charge on any atom is 0.279 e. The lowest BCUT2D eigenvalue weighted by molar-refractivity contribution is 0.0997. The fourth-order valence-corrected chi connectivity index (χ4v) is 4.79. The number of thioether (sulfide) groups is 1. The number of fused-ring (bicyclic) bond motifs is 1. The van der Waals surface area contributed by atoms with Crippen LogP contribution in [0.25, 0.3) is 10.2 Å². The average molecular weight is 427 g/mol. The zero-order valence-electron chi connectivity index (χ0n) is 16.8. The molecule has 0 aliphatic heterocycles. The lowest BCUT2D eigenvalue weighted by Crippen LogP contribution is -2.16. The number of carbonyl (C=O) groups excluding carboxylic acids is 1. The summed E-state index contributed by atoms with van der Waals surface area (Å²) in [6.45, 7) is 4.53. The summed E-state index contributed by atoms with van der Waals surface area (Å²) in [7, 11) is 3.17. The normalized spacial score (nSPS) is 11.7. The van der Waals surface area contributed by atoms with Gasteiger partial charge in [-0.1, -0.05) is 37.2 Å². The van der Waals surface area contributed by atoms with Crippen LogP contribution < -0.4 is 14.3 Å². The number of carbonyl (C=O) groups is 1. The first-order valence-corrected chi connectivity index (χ1v) is 10.7. The van der Waals surface area contributed by atoms with Gasteiger partial charge in [0, 0.05) is 27.8 Å². The van der Waals surface area contributed by atoms with Crippen LogP contribution in [0.1, 0.15) is 24.2 Å². The van der Waals surface area contributed by atoms with Crippen LogP contribution in [-0.4, -0.2) is 29.9 Å². The van der Waals surface area contributed by atoms with Crippen molar-refractivity contribution in [2.24, 2.45) is 4.99 Å². The smallest absolute Gasteiger partial charge is 0.279 e. The zero-order valence-corrected chi connectivity index (χ0v) is 18.4. The van der Waals surface area contributed by atoms with Gasteiger partial charge in [0.1, 0.15) is 0 Å². The van der Waals surface area contributed by atoms with Gasteiger partial charge in [-0.25, -0.2) is 0 Å². The van der Waals surface area contributed by atoms with E-state index in [2.05, 4.69) is 24.8 Å². The van der Waals surface area contributed by atoms with Crippen LogP contribution in [0.2, 0.25) is 0 Å². The van der Waals surface area contributed by atoms with Gasteiger partial charge in [-0.05, 0) is 18.2 Å². The standard InChI is InChI=1S/C22H22N2O3S2/c1-6-10-24-17-12-18(26-4)19(27-5)13-20(17)29-22(24)23-21(25)15-8-7-9-16(11-15)28-14(2)3/h1,7-9,11-14H,10H2,2-5H3. The summed E-state index contributed by atoms with van der Waals surface area (Å²) < 4.78 is 13.5. The van der Waals surface area contributed by atoms with Crippen LogP contribution in [0.3, 0.4) is 0 Å². The maximum absolute atomic E-state index is 12.8. The number of aromatic nitrogens is 1. The van der Waals surface area contributed by atoms with Crippen molar-refractivity contribution in [1.82, 2.24) is 4.57 Å². The molecule has 1 aromatic heterocycles. The second-order valence-corrected chi connectivity index (χ2v) is 9.12. The second kappa shape index (κ2) is 9.21. The van der Waals surface area contributed by atoms with Crippen LogP contribution >= 0.6 is 23.1 Å². The minimum atomic E-state index is -0.299. The van der Waals surface area contributed by atoms with Crippen molar-refractivity contribution in [3.8, 4) is 23.8 Å². The molecule has 0 fully saturated rings. The van der Waals surface area contributed by atoms with Crippen molar-refractivity contribution in [2.45, 2.75) is 30.5 Å². The third-order valence-corrected chi connectivity index (χ3v) is 6.13. The Bertz CT molecular complexity index is 1150. The third-order valence-electron chi connectivity index (χ3n) is 4.09. The van der Waals surface area contributed by atoms with Crippen LogP contribution in [0.15, 0.2) is 46.3 Å². The Hall–Kier alpha value is -2.69. The van der Waals surface area contributed by atoms with Crippen molar-refractivity contribution in [1.29, 1.82) is 0 Å². The van der Waals surface area contributed by atoms with Crippen LogP contribution in [0.5, 0.6) is 11.5 Å². The molecule has 3 aromatic rings. The largest absolute Gasteiger partial charge is 0.493 e. The van der Waals surface area contributed by atoms with Crippen LogP contribution in [0.4, 0.5) is 0 Å². The quantitative estimate of drug-likeness (QED) is 0.427. The predicted octanol–water partition coefficient (Wildman–Crippen LogP) is 4.59. The Morgan fingerprint density at radius 2 is 1.97 bits per heavy atom. The molecule has 0 radical (unpaired) electrons. The molecule has 0 bridgehead atoms. The molecule has 1 heterocycles. The molecule has 0 N–H and O–H groups in total. The van der Waals surface area contributed by atoms with E-state index in [1.54, 1.807) is 32.0 Å². The summed E-state index contributed by atoms with van der Waals surface area (Å²) >= 11 is 3.10. The van der Waals surface area contributed by atoms with Gasteiger partial charge in [0.25, 0.3) is 5.91 Å². The van der Waals surface area contributed by atoms with Gasteiger partial charge >= 0.3 is 0 Å². The number of hydrogen-bond donors (Lipinski definition) is 0. The van der Waals surface area contributed by atoms with Gasteiger partial charge in [-0.3, -0.25) is 4.79 Å². The molecule has 29 heavy (non-hydrogen) atoms. The number of benzene rings is 2. The molecule has 0 saturated carbocycles. The molecule has 5 nitrogen and oxygen atoms in total. The molecule has 0 spiro atoms. The molecule has 1 amide bonds. The molecule has 0 aliphatic carbocycles. The fraction of sp³-hybridized carbons (Fsp3) is 0.273. The zero-order chi connectivity index (χ0) is 21.0. The number of thiazole rings is 1. The number of terminal acetylenes is 1. The number of ether oxygens (including phenoxy) is 2. The van der Waals surface area contributed by atoms with E-state index in [4.69, 9.17) is 15.9 Å². The van der Waals surface area contributed by atoms with Crippen molar-refractivity contribution >= 4 is 39.2 Å². The SMILES string of the molecule is C#CCn1c(=NC(=O)c2cccc(SC(C)C)c2)sc2cc(OC)c(OC)cc21. The van der Waals surface area contributed by atoms with Gasteiger partial charge in [0.2, 0.25) is 0 Å². The summed E-state index contributed by atoms with van der Waals surface area (Å²) in [4.78, 5) is 18.8. The van der Waals surface area contributed by atoms with E-state index >= 15 is 0 Å². The van der Waals surface area contributed by atoms with Gasteiger partial charge in [0.05, 0.1) is 31.0 Å². The summed E-state index contributed by atoms with van der Waals surface area (Å²) in [6, 6.07) is 11.3. The highest BCUT2D eigenvalue weighted by molar-refractivity contribution is 7.99. The Balaban J connectivity index is 2.10. The molecule has 7 heteroatoms. The minimum Gasteiger partial charge on any atom is -0.493 e. The lowest BCUT2D eigenvalue weighted by Gasteiger charge is -2.08. The van der Waals surface area contributed by atoms with Crippen molar-refractivity contribution < 1.29 is 14.3 Å². The molecule has 0 unspecified atom stereocenters. The van der Waals surface area contributed by atoms with E-state index in [1.807, 2.05) is 34.9 Å². The first kappa shape index (κ1) is 21.0. The van der Waals surface area contributed by atoms with Crippen LogP contribution in [-0.2, 0) is 6.54 Å². The van der Waals surface area contributed by atoms with E-state index in [9.17, 15) is 4.79 Å². The van der Waals surface area contributed by atoms with Crippen molar-refractivity contribution in [2.75, 3.05) is 14.2 Å². The fourth-order valence-electron chi connectivity index (χ4n) is 2.85. The van der Waals surface area contributed by atoms with Crippen LogP contribution in [0, 0.1) is 12.3 Å². The molecule has 3 rings (SSSR count). The molecular weight excluding hydrogens is 404 g/mol. The van der Waals surface area contributed by atoms with Crippen molar-refractivity contribution in [3.63, 3.8) is 0 Å². The number of methoxy groups -OCH3 is 2. The second-order valence-electron chi connectivity index (χ2n) is 6.46. The summed E-state index contributed by atoms with van der Waals surface area (Å²) in [5.74, 6) is 3.55. The minimum absolute atomic E-state index is 0.296. The Labute approximate surface area is 178 Å². The average Bonchev–Trinajstić information content (AvgIpc) is 3.02. The third kappa shape index (κ3) is 4.66. The van der Waals surface area contributed by atoms with E-state index in [1.165, 1.54) is 11.3 Å². The number of nitrogens with zero attached hydrogens (tertiary/aromatic N) is 2. The number of amides is 1. The highest BCUT2D eigenvalue weighted by Crippen LogP contribution is 2.33. The Kier molecular flexibility index (Phi) is 6.68. The van der Waals surface area contributed by atoms with E-state index in [0.29, 0.717) is 33.7 Å². The van der Waals surface area contributed by atoms with Gasteiger partial charge in [-0.15, -0.1) is 18.2 Å². The molecule has 2 aromatic carbocycles. The Morgan fingerprint density at radius 1 is 1.24 bits per heavy atom. The lowest BCUT2D eigenvalue weighted by atomic mass is 10.2. The van der Waals surface area contributed by atoms with Gasteiger partial charge in [0.15, 0.2) is 16.3 Å². The first-order chi connectivity index (χ1) is 14.0. The van der Waals surface area contributed by atoms with E-state index in [-0.39, 0.29) is 5.91 Å². The highest BCUT2D eigenvalue weighted by atomic mass is 32.2. The molecule has 0 saturated heterocycles. The molecule has 150 valence electrons. The summed E-state index contributed by atoms with van der Waals surface area (Å²) in [5.41, 5.74) is 1.40. The monoisotopic (exact) mass is 426 g/mol. The van der Waals surface area contributed by atoms with E-state index in [0.717, 1.165) is 15.1 Å². The predicted molar refractivity (Wildman–Crippen MR) is 119 cm³/mol. The molecule has 0 aliphatic rings. The first-order valence-electron chi connectivity index (χ1n) is 9.01. The number of hydrogen-bond acceptors (Lipinski definition) is 5. The van der Waals surface area contributed by atoms with Gasteiger partial charge < -0.3 is 14.0 Å². The molecular formula is C22H22N2O3S2. The highest BCUT2D eigenvalue weighted by Gasteiger charge is 2.14. The van der Waals surface area contributed by atoms with Gasteiger partial charge in [-0.2, -0.15) is 4.99 Å². The van der Waals surface area contributed by atoms with E-state index < -0.39 is 0 Å².